The molecule has 120 valence electrons. The summed E-state index contributed by atoms with van der Waals surface area (Å²) in [5, 5.41) is 3.46. The molecule has 0 amide bonds. The molecule has 0 radical (unpaired) electrons. The Morgan fingerprint density at radius 2 is 2.05 bits per heavy atom. The number of imidazole rings is 1. The molecular formula is C17H31N3O. The number of ether oxygens (including phenoxy) is 1. The highest BCUT2D eigenvalue weighted by molar-refractivity contribution is 5.27. The minimum atomic E-state index is 0.278. The van der Waals surface area contributed by atoms with Gasteiger partial charge in [-0.1, -0.05) is 26.7 Å². The normalized spacial score (nSPS) is 19.1. The van der Waals surface area contributed by atoms with E-state index in [9.17, 15) is 0 Å². The van der Waals surface area contributed by atoms with E-state index in [1.807, 2.05) is 6.20 Å². The summed E-state index contributed by atoms with van der Waals surface area (Å²) in [6, 6.07) is 0.278. The third-order valence-corrected chi connectivity index (χ3v) is 4.52. The minimum Gasteiger partial charge on any atom is -0.383 e. The summed E-state index contributed by atoms with van der Waals surface area (Å²) in [6.45, 7) is 8.60. The van der Waals surface area contributed by atoms with Crippen LogP contribution in [0.15, 0.2) is 12.4 Å². The van der Waals surface area contributed by atoms with Gasteiger partial charge in [0.2, 0.25) is 5.95 Å². The van der Waals surface area contributed by atoms with Gasteiger partial charge in [-0.3, -0.25) is 0 Å². The van der Waals surface area contributed by atoms with E-state index in [0.717, 1.165) is 18.4 Å². The zero-order valence-corrected chi connectivity index (χ0v) is 14.1. The van der Waals surface area contributed by atoms with Gasteiger partial charge in [0, 0.05) is 32.1 Å². The van der Waals surface area contributed by atoms with Crippen molar-refractivity contribution in [2.45, 2.75) is 65.5 Å². The lowest BCUT2D eigenvalue weighted by molar-refractivity contribution is 0.188. The number of rotatable bonds is 8. The summed E-state index contributed by atoms with van der Waals surface area (Å²) in [6.07, 6.45) is 10.8. The Bertz CT molecular complexity index is 421. The SMILES string of the molecule is COCC(C)Nc1nccn1CC1(CC(C)C)CCCC1. The molecule has 0 spiro atoms. The lowest BCUT2D eigenvalue weighted by Crippen LogP contribution is -2.28. The van der Waals surface area contributed by atoms with Crippen LogP contribution in [-0.4, -0.2) is 29.3 Å². The summed E-state index contributed by atoms with van der Waals surface area (Å²) >= 11 is 0. The van der Waals surface area contributed by atoms with Crippen molar-refractivity contribution in [3.8, 4) is 0 Å². The quantitative estimate of drug-likeness (QED) is 0.789. The minimum absolute atomic E-state index is 0.278. The molecule has 1 unspecified atom stereocenters. The van der Waals surface area contributed by atoms with Crippen LogP contribution in [0.5, 0.6) is 0 Å². The monoisotopic (exact) mass is 293 g/mol. The van der Waals surface area contributed by atoms with Crippen LogP contribution in [0, 0.1) is 11.3 Å². The average Bonchev–Trinajstić information content (AvgIpc) is 3.00. The van der Waals surface area contributed by atoms with Gasteiger partial charge in [-0.15, -0.1) is 0 Å². The Morgan fingerprint density at radius 1 is 1.33 bits per heavy atom. The molecule has 21 heavy (non-hydrogen) atoms. The van der Waals surface area contributed by atoms with E-state index in [4.69, 9.17) is 4.74 Å². The molecule has 0 saturated heterocycles. The van der Waals surface area contributed by atoms with E-state index in [1.54, 1.807) is 7.11 Å². The van der Waals surface area contributed by atoms with Crippen LogP contribution in [0.4, 0.5) is 5.95 Å². The first-order valence-electron chi connectivity index (χ1n) is 8.31. The number of nitrogens with zero attached hydrogens (tertiary/aromatic N) is 2. The molecule has 4 heteroatoms. The van der Waals surface area contributed by atoms with E-state index in [1.165, 1.54) is 32.1 Å². The van der Waals surface area contributed by atoms with Crippen LogP contribution in [-0.2, 0) is 11.3 Å². The van der Waals surface area contributed by atoms with Gasteiger partial charge in [0.25, 0.3) is 0 Å². The van der Waals surface area contributed by atoms with Gasteiger partial charge >= 0.3 is 0 Å². The van der Waals surface area contributed by atoms with Crippen molar-refractivity contribution in [2.75, 3.05) is 19.0 Å². The first-order valence-corrected chi connectivity index (χ1v) is 8.31. The largest absolute Gasteiger partial charge is 0.383 e. The maximum atomic E-state index is 5.20. The average molecular weight is 293 g/mol. The van der Waals surface area contributed by atoms with E-state index >= 15 is 0 Å². The van der Waals surface area contributed by atoms with Gasteiger partial charge in [-0.05, 0) is 37.5 Å². The van der Waals surface area contributed by atoms with Gasteiger partial charge in [0.1, 0.15) is 0 Å². The maximum Gasteiger partial charge on any atom is 0.203 e. The van der Waals surface area contributed by atoms with E-state index in [-0.39, 0.29) is 6.04 Å². The van der Waals surface area contributed by atoms with Gasteiger partial charge in [-0.25, -0.2) is 4.98 Å². The zero-order valence-electron chi connectivity index (χ0n) is 14.1. The van der Waals surface area contributed by atoms with Gasteiger partial charge in [0.05, 0.1) is 6.61 Å². The number of nitrogens with one attached hydrogen (secondary N) is 1. The first kappa shape index (κ1) is 16.3. The predicted molar refractivity (Wildman–Crippen MR) is 87.5 cm³/mol. The number of methoxy groups -OCH3 is 1. The van der Waals surface area contributed by atoms with Crippen LogP contribution >= 0.6 is 0 Å². The maximum absolute atomic E-state index is 5.20. The van der Waals surface area contributed by atoms with Crippen LogP contribution < -0.4 is 5.32 Å². The molecular weight excluding hydrogens is 262 g/mol. The second-order valence-corrected chi connectivity index (χ2v) is 7.18. The summed E-state index contributed by atoms with van der Waals surface area (Å²) in [5.41, 5.74) is 0.468. The van der Waals surface area contributed by atoms with E-state index in [0.29, 0.717) is 12.0 Å². The Balaban J connectivity index is 2.06. The molecule has 0 aliphatic heterocycles. The molecule has 1 N–H and O–H groups in total. The van der Waals surface area contributed by atoms with Gasteiger partial charge < -0.3 is 14.6 Å². The molecule has 1 aliphatic rings. The second-order valence-electron chi connectivity index (χ2n) is 7.18. The molecule has 4 nitrogen and oxygen atoms in total. The Labute approximate surface area is 129 Å². The standard InChI is InChI=1S/C17H31N3O/c1-14(2)11-17(7-5-6-8-17)13-20-10-9-18-16(20)19-15(3)12-21-4/h9-10,14-15H,5-8,11-13H2,1-4H3,(H,18,19). The highest BCUT2D eigenvalue weighted by Gasteiger charge is 2.35. The summed E-state index contributed by atoms with van der Waals surface area (Å²) < 4.78 is 7.50. The Morgan fingerprint density at radius 3 is 2.67 bits per heavy atom. The van der Waals surface area contributed by atoms with Crippen molar-refractivity contribution in [3.05, 3.63) is 12.4 Å². The highest BCUT2D eigenvalue weighted by Crippen LogP contribution is 2.44. The third kappa shape index (κ3) is 4.47. The smallest absolute Gasteiger partial charge is 0.203 e. The molecule has 2 rings (SSSR count). The van der Waals surface area contributed by atoms with Gasteiger partial charge in [-0.2, -0.15) is 0 Å². The summed E-state index contributed by atoms with van der Waals surface area (Å²) in [7, 11) is 1.74. The lowest BCUT2D eigenvalue weighted by atomic mass is 9.78. The summed E-state index contributed by atoms with van der Waals surface area (Å²) in [5.74, 6) is 1.74. The molecule has 1 aromatic rings. The van der Waals surface area contributed by atoms with Crippen molar-refractivity contribution in [3.63, 3.8) is 0 Å². The fourth-order valence-electron chi connectivity index (χ4n) is 3.87. The Hall–Kier alpha value is -1.03. The Kier molecular flexibility index (Phi) is 5.68. The van der Waals surface area contributed by atoms with Crippen molar-refractivity contribution in [1.82, 2.24) is 9.55 Å². The zero-order chi connectivity index (χ0) is 15.3. The lowest BCUT2D eigenvalue weighted by Gasteiger charge is -2.32. The van der Waals surface area contributed by atoms with Crippen molar-refractivity contribution in [1.29, 1.82) is 0 Å². The second kappa shape index (κ2) is 7.30. The number of hydrogen-bond donors (Lipinski definition) is 1. The molecule has 1 fully saturated rings. The molecule has 1 saturated carbocycles. The number of aromatic nitrogens is 2. The van der Waals surface area contributed by atoms with Crippen LogP contribution in [0.1, 0.15) is 52.9 Å². The van der Waals surface area contributed by atoms with E-state index in [2.05, 4.69) is 41.8 Å². The number of anilines is 1. The molecule has 0 bridgehead atoms. The van der Waals surface area contributed by atoms with Crippen LogP contribution in [0.2, 0.25) is 0 Å². The van der Waals surface area contributed by atoms with Crippen molar-refractivity contribution >= 4 is 5.95 Å². The molecule has 1 atom stereocenters. The van der Waals surface area contributed by atoms with Crippen molar-refractivity contribution < 1.29 is 4.74 Å². The molecule has 1 aromatic heterocycles. The molecule has 1 heterocycles. The molecule has 0 aromatic carbocycles. The van der Waals surface area contributed by atoms with Gasteiger partial charge in [0.15, 0.2) is 0 Å². The highest BCUT2D eigenvalue weighted by atomic mass is 16.5. The van der Waals surface area contributed by atoms with E-state index < -0.39 is 0 Å². The van der Waals surface area contributed by atoms with Crippen LogP contribution in [0.3, 0.4) is 0 Å². The predicted octanol–water partition coefficient (Wildman–Crippen LogP) is 3.94. The number of hydrogen-bond acceptors (Lipinski definition) is 3. The fraction of sp³-hybridized carbons (Fsp3) is 0.824. The van der Waals surface area contributed by atoms with Crippen LogP contribution in [0.25, 0.3) is 0 Å². The first-order chi connectivity index (χ1) is 10.0. The molecule has 1 aliphatic carbocycles. The topological polar surface area (TPSA) is 39.1 Å². The third-order valence-electron chi connectivity index (χ3n) is 4.52. The van der Waals surface area contributed by atoms with Crippen molar-refractivity contribution in [2.24, 2.45) is 11.3 Å². The summed E-state index contributed by atoms with van der Waals surface area (Å²) in [4.78, 5) is 4.49. The fourth-order valence-corrected chi connectivity index (χ4v) is 3.87.